The first kappa shape index (κ1) is 31.3. The van der Waals surface area contributed by atoms with Crippen molar-refractivity contribution in [2.75, 3.05) is 0 Å². The molecule has 14 atom stereocenters. The van der Waals surface area contributed by atoms with Crippen LogP contribution in [-0.4, -0.2) is 23.0 Å². The first-order valence-electron chi connectivity index (χ1n) is 18.1. The lowest BCUT2D eigenvalue weighted by Crippen LogP contribution is -2.50. The van der Waals surface area contributed by atoms with E-state index in [4.69, 9.17) is 0 Å². The zero-order valence-electron chi connectivity index (χ0n) is 27.4. The summed E-state index contributed by atoms with van der Waals surface area (Å²) in [6.07, 6.45) is 17.3. The van der Waals surface area contributed by atoms with Gasteiger partial charge in [0.15, 0.2) is 0 Å². The van der Waals surface area contributed by atoms with E-state index < -0.39 is 11.9 Å². The van der Waals surface area contributed by atoms with Crippen molar-refractivity contribution in [3.63, 3.8) is 0 Å². The van der Waals surface area contributed by atoms with Crippen LogP contribution in [0.25, 0.3) is 0 Å². The fourth-order valence-corrected chi connectivity index (χ4v) is 11.6. The Morgan fingerprint density at radius 2 is 1.48 bits per heavy atom. The van der Waals surface area contributed by atoms with E-state index in [1.54, 1.807) is 0 Å². The lowest BCUT2D eigenvalue weighted by Gasteiger charge is -2.46. The third-order valence-corrected chi connectivity index (χ3v) is 14.2. The van der Waals surface area contributed by atoms with Crippen LogP contribution in [0.5, 0.6) is 0 Å². The van der Waals surface area contributed by atoms with Gasteiger partial charge in [-0.25, -0.2) is 4.39 Å². The lowest BCUT2D eigenvalue weighted by molar-refractivity contribution is -0.0232. The van der Waals surface area contributed by atoms with Crippen molar-refractivity contribution in [3.8, 4) is 0 Å². The number of alkyl halides is 1. The highest BCUT2D eigenvalue weighted by molar-refractivity contribution is 5.01. The molecule has 0 aromatic carbocycles. The predicted molar refractivity (Wildman–Crippen MR) is 166 cm³/mol. The van der Waals surface area contributed by atoms with Gasteiger partial charge in [0.25, 0.3) is 0 Å². The first-order valence-corrected chi connectivity index (χ1v) is 18.1. The quantitative estimate of drug-likeness (QED) is 0.290. The zero-order chi connectivity index (χ0) is 28.8. The van der Waals surface area contributed by atoms with Crippen LogP contribution in [0, 0.1) is 76.9 Å². The maximum atomic E-state index is 15.6. The Morgan fingerprint density at radius 3 is 2.15 bits per heavy atom. The maximum absolute atomic E-state index is 15.6. The second-order valence-electron chi connectivity index (χ2n) is 17.1. The molecule has 0 aliphatic heterocycles. The fraction of sp³-hybridized carbons (Fsp3) is 1.00. The number of rotatable bonds is 8. The highest BCUT2D eigenvalue weighted by Gasteiger charge is 2.52. The van der Waals surface area contributed by atoms with Gasteiger partial charge in [0.2, 0.25) is 0 Å². The monoisotopic (exact) mass is 560 g/mol. The van der Waals surface area contributed by atoms with Crippen molar-refractivity contribution in [2.45, 2.75) is 156 Å². The standard InChI is InChI=1S/C37H66FNO/c1-22(2)27-15-13-26(18-27)19-28-16-17-30(21-34(28)37(6,7)38)39-36(40)29-14-12-23(3)33(20-29)35-25(5)24(4)31-10-8-9-11-32(31)35/h22-36,39-40H,8-21H2,1-7H3. The SMILES string of the molecule is CC(C)C1CCC(CC2CCC(NC(O)C3CCC(C)C(C4C(C)C(C)C5CCCCC54)C3)CC2C(C)(C)F)C1. The summed E-state index contributed by atoms with van der Waals surface area (Å²) in [5, 5.41) is 15.3. The van der Waals surface area contributed by atoms with Crippen LogP contribution < -0.4 is 5.32 Å². The van der Waals surface area contributed by atoms with Crippen LogP contribution >= 0.6 is 0 Å². The molecule has 2 nitrogen and oxygen atoms in total. The molecular weight excluding hydrogens is 493 g/mol. The van der Waals surface area contributed by atoms with E-state index in [2.05, 4.69) is 39.9 Å². The van der Waals surface area contributed by atoms with Gasteiger partial charge >= 0.3 is 0 Å². The summed E-state index contributed by atoms with van der Waals surface area (Å²) in [4.78, 5) is 0. The van der Waals surface area contributed by atoms with Crippen molar-refractivity contribution in [1.82, 2.24) is 5.32 Å². The molecule has 0 aromatic heterocycles. The minimum absolute atomic E-state index is 0.104. The third-order valence-electron chi connectivity index (χ3n) is 14.2. The van der Waals surface area contributed by atoms with Gasteiger partial charge in [0.05, 0.1) is 0 Å². The normalized spacial score (nSPS) is 47.4. The Balaban J connectivity index is 1.18. The molecule has 5 saturated carbocycles. The van der Waals surface area contributed by atoms with Gasteiger partial charge in [-0.2, -0.15) is 0 Å². The van der Waals surface area contributed by atoms with Crippen LogP contribution in [-0.2, 0) is 0 Å². The second kappa shape index (κ2) is 12.8. The Morgan fingerprint density at radius 1 is 0.775 bits per heavy atom. The molecule has 0 bridgehead atoms. The van der Waals surface area contributed by atoms with E-state index in [0.29, 0.717) is 11.8 Å². The summed E-state index contributed by atoms with van der Waals surface area (Å²) in [5.74, 6) is 9.35. The molecule has 5 aliphatic rings. The largest absolute Gasteiger partial charge is 0.378 e. The molecule has 0 amide bonds. The van der Waals surface area contributed by atoms with Crippen molar-refractivity contribution in [3.05, 3.63) is 0 Å². The van der Waals surface area contributed by atoms with Gasteiger partial charge in [0.1, 0.15) is 11.9 Å². The molecule has 0 spiro atoms. The summed E-state index contributed by atoms with van der Waals surface area (Å²) in [5.41, 5.74) is -1.15. The molecule has 3 heteroatoms. The number of hydrogen-bond donors (Lipinski definition) is 2. The zero-order valence-corrected chi connectivity index (χ0v) is 27.4. The Hall–Kier alpha value is -0.150. The Bertz CT molecular complexity index is 806. The number of hydrogen-bond acceptors (Lipinski definition) is 2. The van der Waals surface area contributed by atoms with Gasteiger partial charge in [-0.3, -0.25) is 5.32 Å². The van der Waals surface area contributed by atoms with Gasteiger partial charge < -0.3 is 5.11 Å². The lowest BCUT2D eigenvalue weighted by atomic mass is 9.62. The summed E-state index contributed by atoms with van der Waals surface area (Å²) in [6.45, 7) is 16.0. The molecule has 0 aromatic rings. The highest BCUT2D eigenvalue weighted by Crippen LogP contribution is 2.58. The molecule has 40 heavy (non-hydrogen) atoms. The topological polar surface area (TPSA) is 32.3 Å². The van der Waals surface area contributed by atoms with Gasteiger partial charge in [-0.05, 0) is 155 Å². The summed E-state index contributed by atoms with van der Waals surface area (Å²) < 4.78 is 15.6. The smallest absolute Gasteiger partial charge is 0.108 e. The van der Waals surface area contributed by atoms with E-state index in [0.717, 1.165) is 84.9 Å². The number of aliphatic hydroxyl groups is 1. The van der Waals surface area contributed by atoms with Crippen LogP contribution in [0.4, 0.5) is 4.39 Å². The molecular formula is C37H66FNO. The average molecular weight is 560 g/mol. The molecule has 5 rings (SSSR count). The predicted octanol–water partition coefficient (Wildman–Crippen LogP) is 9.65. The Kier molecular flexibility index (Phi) is 10.0. The van der Waals surface area contributed by atoms with Crippen molar-refractivity contribution in [2.24, 2.45) is 76.9 Å². The van der Waals surface area contributed by atoms with E-state index >= 15 is 4.39 Å². The summed E-state index contributed by atoms with van der Waals surface area (Å²) >= 11 is 0. The first-order chi connectivity index (χ1) is 18.9. The molecule has 5 aliphatic carbocycles. The Labute approximate surface area is 247 Å². The highest BCUT2D eigenvalue weighted by atomic mass is 19.1. The average Bonchev–Trinajstić information content (AvgIpc) is 3.48. The molecule has 5 fully saturated rings. The molecule has 0 radical (unpaired) electrons. The summed E-state index contributed by atoms with van der Waals surface area (Å²) in [6, 6.07) is 0.254. The van der Waals surface area contributed by atoms with Crippen molar-refractivity contribution in [1.29, 1.82) is 0 Å². The minimum Gasteiger partial charge on any atom is -0.378 e. The van der Waals surface area contributed by atoms with E-state index in [1.165, 1.54) is 64.2 Å². The second-order valence-corrected chi connectivity index (χ2v) is 17.1. The van der Waals surface area contributed by atoms with Gasteiger partial charge in [0, 0.05) is 6.04 Å². The molecule has 0 heterocycles. The molecule has 0 saturated heterocycles. The fourth-order valence-electron chi connectivity index (χ4n) is 11.6. The van der Waals surface area contributed by atoms with Gasteiger partial charge in [-0.1, -0.05) is 60.3 Å². The number of halogens is 1. The van der Waals surface area contributed by atoms with Gasteiger partial charge in [-0.15, -0.1) is 0 Å². The summed E-state index contributed by atoms with van der Waals surface area (Å²) in [7, 11) is 0. The maximum Gasteiger partial charge on any atom is 0.108 e. The molecule has 2 N–H and O–H groups in total. The number of nitrogens with one attached hydrogen (secondary N) is 1. The van der Waals surface area contributed by atoms with Crippen LogP contribution in [0.2, 0.25) is 0 Å². The van der Waals surface area contributed by atoms with Crippen molar-refractivity contribution < 1.29 is 9.50 Å². The molecule has 232 valence electrons. The molecule has 14 unspecified atom stereocenters. The van der Waals surface area contributed by atoms with Crippen molar-refractivity contribution >= 4 is 0 Å². The van der Waals surface area contributed by atoms with E-state index in [1.807, 2.05) is 13.8 Å². The minimum atomic E-state index is -1.15. The van der Waals surface area contributed by atoms with E-state index in [9.17, 15) is 5.11 Å². The number of fused-ring (bicyclic) bond motifs is 1. The third kappa shape index (κ3) is 6.66. The van der Waals surface area contributed by atoms with Crippen LogP contribution in [0.1, 0.15) is 138 Å². The van der Waals surface area contributed by atoms with E-state index in [-0.39, 0.29) is 12.0 Å². The van der Waals surface area contributed by atoms with Crippen LogP contribution in [0.15, 0.2) is 0 Å². The van der Waals surface area contributed by atoms with Crippen LogP contribution in [0.3, 0.4) is 0 Å². The number of aliphatic hydroxyl groups excluding tert-OH is 1.